The normalized spacial score (nSPS) is 18.0. The van der Waals surface area contributed by atoms with Gasteiger partial charge in [-0.05, 0) is 26.7 Å². The van der Waals surface area contributed by atoms with Crippen LogP contribution in [-0.2, 0) is 28.4 Å². The Morgan fingerprint density at radius 2 is 2.10 bits per heavy atom. The number of nitrogens with one attached hydrogen (secondary N) is 1. The van der Waals surface area contributed by atoms with E-state index in [4.69, 9.17) is 5.73 Å². The lowest BCUT2D eigenvalue weighted by Crippen LogP contribution is -2.43. The van der Waals surface area contributed by atoms with Gasteiger partial charge in [-0.2, -0.15) is 14.5 Å². The number of amides is 2. The lowest BCUT2D eigenvalue weighted by Gasteiger charge is -2.31. The van der Waals surface area contributed by atoms with Crippen LogP contribution in [0.4, 0.5) is 5.69 Å². The lowest BCUT2D eigenvalue weighted by molar-refractivity contribution is -0.120. The first-order chi connectivity index (χ1) is 13.6. The predicted octanol–water partition coefficient (Wildman–Crippen LogP) is 0.0832. The molecule has 11 nitrogen and oxygen atoms in total. The Kier molecular flexibility index (Phi) is 5.75. The van der Waals surface area contributed by atoms with E-state index in [9.17, 15) is 18.0 Å². The third-order valence-electron chi connectivity index (χ3n) is 5.14. The summed E-state index contributed by atoms with van der Waals surface area (Å²) in [4.78, 5) is 24.5. The van der Waals surface area contributed by atoms with Gasteiger partial charge in [0.25, 0.3) is 5.91 Å². The van der Waals surface area contributed by atoms with E-state index < -0.39 is 21.8 Å². The fourth-order valence-corrected chi connectivity index (χ4v) is 5.05. The maximum atomic E-state index is 13.0. The van der Waals surface area contributed by atoms with E-state index in [-0.39, 0.29) is 28.7 Å². The zero-order valence-corrected chi connectivity index (χ0v) is 17.4. The molecule has 3 N–H and O–H groups in total. The molecule has 2 amide bonds. The Hall–Kier alpha value is -2.73. The van der Waals surface area contributed by atoms with Gasteiger partial charge in [-0.15, -0.1) is 0 Å². The smallest absolute Gasteiger partial charge is 0.271 e. The average molecular weight is 423 g/mol. The number of anilines is 1. The molecule has 1 saturated heterocycles. The van der Waals surface area contributed by atoms with Crippen LogP contribution in [0.1, 0.15) is 35.9 Å². The second-order valence-corrected chi connectivity index (χ2v) is 8.93. The van der Waals surface area contributed by atoms with Crippen molar-refractivity contribution in [1.82, 2.24) is 23.9 Å². The average Bonchev–Trinajstić information content (AvgIpc) is 3.25. The number of primary amides is 1. The zero-order chi connectivity index (χ0) is 21.3. The van der Waals surface area contributed by atoms with Crippen LogP contribution in [0.15, 0.2) is 17.3 Å². The van der Waals surface area contributed by atoms with Crippen molar-refractivity contribution in [2.75, 3.05) is 18.4 Å². The van der Waals surface area contributed by atoms with E-state index in [0.29, 0.717) is 31.6 Å². The van der Waals surface area contributed by atoms with Crippen LogP contribution < -0.4 is 11.1 Å². The molecule has 2 aromatic rings. The number of sulfonamides is 1. The molecular weight excluding hydrogens is 398 g/mol. The first-order valence-corrected chi connectivity index (χ1v) is 10.8. The second kappa shape index (κ2) is 7.95. The molecule has 0 bridgehead atoms. The number of rotatable bonds is 6. The molecule has 0 spiro atoms. The van der Waals surface area contributed by atoms with Gasteiger partial charge in [0.15, 0.2) is 5.69 Å². The highest BCUT2D eigenvalue weighted by atomic mass is 32.2. The number of hydrogen-bond donors (Lipinski definition) is 2. The first-order valence-electron chi connectivity index (χ1n) is 9.32. The minimum atomic E-state index is -3.75. The lowest BCUT2D eigenvalue weighted by atomic mass is 9.99. The predicted molar refractivity (Wildman–Crippen MR) is 104 cm³/mol. The minimum Gasteiger partial charge on any atom is -0.364 e. The van der Waals surface area contributed by atoms with Crippen LogP contribution in [0.25, 0.3) is 0 Å². The van der Waals surface area contributed by atoms with Crippen molar-refractivity contribution in [2.45, 2.75) is 38.1 Å². The number of aryl methyl sites for hydroxylation is 2. The summed E-state index contributed by atoms with van der Waals surface area (Å²) >= 11 is 0. The number of carbonyl (C=O) groups excluding carboxylic acids is 2. The van der Waals surface area contributed by atoms with Crippen molar-refractivity contribution in [3.63, 3.8) is 0 Å². The summed E-state index contributed by atoms with van der Waals surface area (Å²) in [7, 11) is -2.08. The number of carbonyl (C=O) groups is 2. The molecule has 1 atom stereocenters. The van der Waals surface area contributed by atoms with Crippen molar-refractivity contribution in [3.05, 3.63) is 23.8 Å². The fourth-order valence-electron chi connectivity index (χ4n) is 3.34. The Balaban J connectivity index is 1.77. The van der Waals surface area contributed by atoms with Gasteiger partial charge < -0.3 is 11.1 Å². The van der Waals surface area contributed by atoms with E-state index in [2.05, 4.69) is 15.5 Å². The van der Waals surface area contributed by atoms with Gasteiger partial charge in [0.1, 0.15) is 4.90 Å². The van der Waals surface area contributed by atoms with Gasteiger partial charge in [0.2, 0.25) is 15.9 Å². The van der Waals surface area contributed by atoms with Crippen molar-refractivity contribution < 1.29 is 18.0 Å². The van der Waals surface area contributed by atoms with Crippen LogP contribution in [0.2, 0.25) is 0 Å². The van der Waals surface area contributed by atoms with E-state index in [1.165, 1.54) is 26.1 Å². The Morgan fingerprint density at radius 1 is 1.38 bits per heavy atom. The number of nitrogens with zero attached hydrogens (tertiary/aromatic N) is 5. The summed E-state index contributed by atoms with van der Waals surface area (Å²) in [5.41, 5.74) is 6.08. The van der Waals surface area contributed by atoms with Crippen LogP contribution >= 0.6 is 0 Å². The Morgan fingerprint density at radius 3 is 2.69 bits per heavy atom. The van der Waals surface area contributed by atoms with Crippen LogP contribution in [0, 0.1) is 12.8 Å². The molecule has 0 radical (unpaired) electrons. The number of nitrogens with two attached hydrogens (primary N) is 1. The molecule has 0 aliphatic carbocycles. The van der Waals surface area contributed by atoms with Crippen molar-refractivity contribution in [3.8, 4) is 0 Å². The van der Waals surface area contributed by atoms with E-state index in [0.717, 1.165) is 0 Å². The SMILES string of the molecule is CCn1cc(NC(=O)C2CCCN(S(=O)(=O)c3cnn(C)c3C)C2)c(C(N)=O)n1. The third-order valence-corrected chi connectivity index (χ3v) is 7.11. The molecule has 3 heterocycles. The Labute approximate surface area is 168 Å². The van der Waals surface area contributed by atoms with E-state index >= 15 is 0 Å². The summed E-state index contributed by atoms with van der Waals surface area (Å²) in [6.07, 6.45) is 3.95. The summed E-state index contributed by atoms with van der Waals surface area (Å²) in [6.45, 7) is 4.42. The zero-order valence-electron chi connectivity index (χ0n) is 16.6. The van der Waals surface area contributed by atoms with Crippen LogP contribution in [0.5, 0.6) is 0 Å². The van der Waals surface area contributed by atoms with Gasteiger partial charge in [0.05, 0.1) is 23.5 Å². The Bertz CT molecular complexity index is 1040. The summed E-state index contributed by atoms with van der Waals surface area (Å²) in [6, 6.07) is 0. The number of aromatic nitrogens is 4. The topological polar surface area (TPSA) is 145 Å². The molecule has 2 aromatic heterocycles. The molecule has 1 aliphatic rings. The van der Waals surface area contributed by atoms with Crippen molar-refractivity contribution >= 4 is 27.5 Å². The molecule has 3 rings (SSSR count). The largest absolute Gasteiger partial charge is 0.364 e. The van der Waals surface area contributed by atoms with Gasteiger partial charge in [-0.3, -0.25) is 19.0 Å². The molecule has 29 heavy (non-hydrogen) atoms. The van der Waals surface area contributed by atoms with Gasteiger partial charge in [0, 0.05) is 32.9 Å². The molecule has 158 valence electrons. The van der Waals surface area contributed by atoms with Crippen LogP contribution in [-0.4, -0.2) is 57.2 Å². The van der Waals surface area contributed by atoms with Gasteiger partial charge in [-0.1, -0.05) is 0 Å². The van der Waals surface area contributed by atoms with Gasteiger partial charge >= 0.3 is 0 Å². The summed E-state index contributed by atoms with van der Waals surface area (Å²) in [5, 5.41) is 10.7. The highest BCUT2D eigenvalue weighted by Gasteiger charge is 2.35. The molecular formula is C17H25N7O4S. The highest BCUT2D eigenvalue weighted by Crippen LogP contribution is 2.26. The standard InChI is InChI=1S/C17H25N7O4S/c1-4-23-10-13(15(21-23)16(18)25)20-17(26)12-6-5-7-24(9-12)29(27,28)14-8-19-22(3)11(14)2/h8,10,12H,4-7,9H2,1-3H3,(H2,18,25)(H,20,26). The minimum absolute atomic E-state index is 0.0218. The fraction of sp³-hybridized carbons (Fsp3) is 0.529. The van der Waals surface area contributed by atoms with Crippen molar-refractivity contribution in [2.24, 2.45) is 18.7 Å². The third kappa shape index (κ3) is 4.03. The second-order valence-electron chi connectivity index (χ2n) is 7.02. The monoisotopic (exact) mass is 423 g/mol. The highest BCUT2D eigenvalue weighted by molar-refractivity contribution is 7.89. The summed E-state index contributed by atoms with van der Waals surface area (Å²) < 4.78 is 30.3. The molecule has 1 unspecified atom stereocenters. The molecule has 1 fully saturated rings. The molecule has 0 aromatic carbocycles. The number of hydrogen-bond acceptors (Lipinski definition) is 6. The van der Waals surface area contributed by atoms with Crippen molar-refractivity contribution in [1.29, 1.82) is 0 Å². The molecule has 12 heteroatoms. The molecule has 0 saturated carbocycles. The quantitative estimate of drug-likeness (QED) is 0.673. The van der Waals surface area contributed by atoms with E-state index in [1.54, 1.807) is 14.0 Å². The molecule has 1 aliphatic heterocycles. The summed E-state index contributed by atoms with van der Waals surface area (Å²) in [5.74, 6) is -1.67. The van der Waals surface area contributed by atoms with Gasteiger partial charge in [-0.25, -0.2) is 8.42 Å². The van der Waals surface area contributed by atoms with Crippen LogP contribution in [0.3, 0.4) is 0 Å². The van der Waals surface area contributed by atoms with E-state index in [1.807, 2.05) is 6.92 Å². The maximum absolute atomic E-state index is 13.0. The number of piperidine rings is 1. The maximum Gasteiger partial charge on any atom is 0.271 e. The first kappa shape index (κ1) is 21.0.